The van der Waals surface area contributed by atoms with Gasteiger partial charge in [-0.15, -0.1) is 0 Å². The number of para-hydroxylation sites is 1. The zero-order valence-electron chi connectivity index (χ0n) is 15.5. The molecule has 1 amide bonds. The van der Waals surface area contributed by atoms with Crippen LogP contribution in [0.25, 0.3) is 33.1 Å². The molecule has 1 aliphatic heterocycles. The Labute approximate surface area is 162 Å². The minimum Gasteiger partial charge on any atom is -0.354 e. The van der Waals surface area contributed by atoms with E-state index in [1.54, 1.807) is 0 Å². The van der Waals surface area contributed by atoms with Crippen LogP contribution in [0.4, 0.5) is 0 Å². The molecule has 5 nitrogen and oxygen atoms in total. The summed E-state index contributed by atoms with van der Waals surface area (Å²) in [7, 11) is 0. The number of rotatable bonds is 2. The number of aromatic nitrogens is 2. The molecule has 1 fully saturated rings. The van der Waals surface area contributed by atoms with Gasteiger partial charge in [0.05, 0.1) is 11.3 Å². The summed E-state index contributed by atoms with van der Waals surface area (Å²) < 4.78 is 0. The molecule has 5 rings (SSSR count). The summed E-state index contributed by atoms with van der Waals surface area (Å²) in [6.07, 6.45) is 3.35. The zero-order valence-corrected chi connectivity index (χ0v) is 15.5. The zero-order chi connectivity index (χ0) is 19.1. The van der Waals surface area contributed by atoms with E-state index >= 15 is 0 Å². The van der Waals surface area contributed by atoms with Crippen molar-refractivity contribution in [3.8, 4) is 11.3 Å². The van der Waals surface area contributed by atoms with Crippen LogP contribution in [0.15, 0.2) is 59.4 Å². The van der Waals surface area contributed by atoms with Crippen LogP contribution in [0.3, 0.4) is 0 Å². The van der Waals surface area contributed by atoms with E-state index in [4.69, 9.17) is 0 Å². The number of carbonyl (C=O) groups excluding carboxylic acids is 1. The van der Waals surface area contributed by atoms with Crippen molar-refractivity contribution >= 4 is 27.7 Å². The normalized spacial score (nSPS) is 14.6. The molecule has 1 saturated heterocycles. The van der Waals surface area contributed by atoms with Gasteiger partial charge in [-0.05, 0) is 61.0 Å². The van der Waals surface area contributed by atoms with E-state index < -0.39 is 0 Å². The molecule has 0 atom stereocenters. The van der Waals surface area contributed by atoms with Crippen molar-refractivity contribution in [2.24, 2.45) is 0 Å². The van der Waals surface area contributed by atoms with Gasteiger partial charge in [-0.2, -0.15) is 0 Å². The molecule has 28 heavy (non-hydrogen) atoms. The maximum atomic E-state index is 12.8. The second-order valence-electron chi connectivity index (χ2n) is 7.44. The summed E-state index contributed by atoms with van der Waals surface area (Å²) in [5, 5.41) is 1.92. The van der Waals surface area contributed by atoms with Crippen molar-refractivity contribution in [2.45, 2.75) is 19.3 Å². The van der Waals surface area contributed by atoms with Gasteiger partial charge in [-0.3, -0.25) is 9.59 Å². The van der Waals surface area contributed by atoms with Crippen LogP contribution < -0.4 is 5.56 Å². The van der Waals surface area contributed by atoms with Crippen molar-refractivity contribution in [1.82, 2.24) is 14.9 Å². The van der Waals surface area contributed by atoms with Gasteiger partial charge in [0.2, 0.25) is 0 Å². The number of amides is 1. The van der Waals surface area contributed by atoms with Gasteiger partial charge in [0.15, 0.2) is 0 Å². The molecule has 0 saturated carbocycles. The molecule has 3 heterocycles. The maximum Gasteiger partial charge on any atom is 0.257 e. The molecule has 0 bridgehead atoms. The highest BCUT2D eigenvalue weighted by molar-refractivity contribution is 5.99. The summed E-state index contributed by atoms with van der Waals surface area (Å²) in [6, 6.07) is 17.3. The summed E-state index contributed by atoms with van der Waals surface area (Å²) in [4.78, 5) is 33.5. The summed E-state index contributed by atoms with van der Waals surface area (Å²) in [5.74, 6) is 0.0907. The Balaban J connectivity index is 1.54. The van der Waals surface area contributed by atoms with Crippen molar-refractivity contribution in [1.29, 1.82) is 0 Å². The molecule has 0 unspecified atom stereocenters. The molecule has 5 heteroatoms. The van der Waals surface area contributed by atoms with Crippen LogP contribution in [0.1, 0.15) is 29.6 Å². The second-order valence-corrected chi connectivity index (χ2v) is 7.44. The Kier molecular flexibility index (Phi) is 4.01. The molecule has 2 aromatic carbocycles. The van der Waals surface area contributed by atoms with E-state index in [-0.39, 0.29) is 11.5 Å². The van der Waals surface area contributed by atoms with Gasteiger partial charge in [-0.1, -0.05) is 18.2 Å². The van der Waals surface area contributed by atoms with Crippen LogP contribution in [-0.2, 0) is 0 Å². The van der Waals surface area contributed by atoms with E-state index in [1.165, 1.54) is 6.42 Å². The third-order valence-corrected chi connectivity index (χ3v) is 5.55. The molecule has 0 aliphatic carbocycles. The number of H-pyrrole nitrogens is 2. The van der Waals surface area contributed by atoms with Crippen molar-refractivity contribution in [2.75, 3.05) is 13.1 Å². The molecule has 0 spiro atoms. The average Bonchev–Trinajstić information content (AvgIpc) is 3.16. The Morgan fingerprint density at radius 1 is 0.821 bits per heavy atom. The first kappa shape index (κ1) is 16.8. The first-order valence-electron chi connectivity index (χ1n) is 9.73. The average molecular weight is 371 g/mol. The third-order valence-electron chi connectivity index (χ3n) is 5.55. The van der Waals surface area contributed by atoms with Crippen LogP contribution in [0.5, 0.6) is 0 Å². The predicted molar refractivity (Wildman–Crippen MR) is 112 cm³/mol. The van der Waals surface area contributed by atoms with Crippen molar-refractivity contribution < 1.29 is 4.79 Å². The molecule has 140 valence electrons. The van der Waals surface area contributed by atoms with Crippen molar-refractivity contribution in [3.63, 3.8) is 0 Å². The minimum absolute atomic E-state index is 0.0907. The first-order valence-corrected chi connectivity index (χ1v) is 9.73. The second kappa shape index (κ2) is 6.68. The molecule has 0 radical (unpaired) electrons. The molecule has 2 N–H and O–H groups in total. The Morgan fingerprint density at radius 2 is 1.61 bits per heavy atom. The number of benzene rings is 2. The standard InChI is InChI=1S/C23H21N3O2/c27-22-18(13-15-6-2-3-7-19(15)25-22)21-14-17-12-16(8-9-20(17)24-21)23(28)26-10-4-1-5-11-26/h2-3,6-9,12-14,24H,1,4-5,10-11H2,(H,25,27). The van der Waals surface area contributed by atoms with Crippen LogP contribution in [0, 0.1) is 0 Å². The lowest BCUT2D eigenvalue weighted by Crippen LogP contribution is -2.35. The molecule has 1 aliphatic rings. The number of fused-ring (bicyclic) bond motifs is 2. The molecular formula is C23H21N3O2. The lowest BCUT2D eigenvalue weighted by atomic mass is 10.1. The fourth-order valence-electron chi connectivity index (χ4n) is 4.04. The fraction of sp³-hybridized carbons (Fsp3) is 0.217. The number of piperidine rings is 1. The highest BCUT2D eigenvalue weighted by Gasteiger charge is 2.19. The Morgan fingerprint density at radius 3 is 2.46 bits per heavy atom. The van der Waals surface area contributed by atoms with E-state index in [0.29, 0.717) is 11.1 Å². The first-order chi connectivity index (χ1) is 13.7. The predicted octanol–water partition coefficient (Wildman–Crippen LogP) is 4.30. The quantitative estimate of drug-likeness (QED) is 0.551. The highest BCUT2D eigenvalue weighted by Crippen LogP contribution is 2.25. The van der Waals surface area contributed by atoms with E-state index in [1.807, 2.05) is 59.5 Å². The van der Waals surface area contributed by atoms with Crippen LogP contribution >= 0.6 is 0 Å². The van der Waals surface area contributed by atoms with Crippen LogP contribution in [0.2, 0.25) is 0 Å². The highest BCUT2D eigenvalue weighted by atomic mass is 16.2. The van der Waals surface area contributed by atoms with Gasteiger partial charge in [0.25, 0.3) is 11.5 Å². The third kappa shape index (κ3) is 2.89. The number of likely N-dealkylation sites (tertiary alicyclic amines) is 1. The van der Waals surface area contributed by atoms with E-state index in [0.717, 1.165) is 53.4 Å². The van der Waals surface area contributed by atoms with Gasteiger partial charge in [0.1, 0.15) is 0 Å². The maximum absolute atomic E-state index is 12.8. The summed E-state index contributed by atoms with van der Waals surface area (Å²) in [6.45, 7) is 1.67. The monoisotopic (exact) mass is 371 g/mol. The SMILES string of the molecule is O=C(c1ccc2[nH]c(-c3cc4ccccc4[nH]c3=O)cc2c1)N1CCCCC1. The number of nitrogens with one attached hydrogen (secondary N) is 2. The topological polar surface area (TPSA) is 69.0 Å². The molecular weight excluding hydrogens is 350 g/mol. The Hall–Kier alpha value is -3.34. The number of hydrogen-bond acceptors (Lipinski definition) is 2. The molecule has 4 aromatic rings. The van der Waals surface area contributed by atoms with Gasteiger partial charge in [0, 0.05) is 35.1 Å². The number of carbonyl (C=O) groups is 1. The number of nitrogens with zero attached hydrogens (tertiary/aromatic N) is 1. The fourth-order valence-corrected chi connectivity index (χ4v) is 4.04. The Bertz CT molecular complexity index is 1250. The molecule has 2 aromatic heterocycles. The van der Waals surface area contributed by atoms with Gasteiger partial charge in [-0.25, -0.2) is 0 Å². The van der Waals surface area contributed by atoms with Gasteiger partial charge < -0.3 is 14.9 Å². The van der Waals surface area contributed by atoms with Crippen LogP contribution in [-0.4, -0.2) is 33.9 Å². The smallest absolute Gasteiger partial charge is 0.257 e. The minimum atomic E-state index is -0.130. The summed E-state index contributed by atoms with van der Waals surface area (Å²) >= 11 is 0. The largest absolute Gasteiger partial charge is 0.354 e. The summed E-state index contributed by atoms with van der Waals surface area (Å²) in [5.41, 5.74) is 3.66. The number of aromatic amines is 2. The van der Waals surface area contributed by atoms with E-state index in [2.05, 4.69) is 9.97 Å². The number of hydrogen-bond donors (Lipinski definition) is 2. The number of pyridine rings is 1. The van der Waals surface area contributed by atoms with E-state index in [9.17, 15) is 9.59 Å². The lowest BCUT2D eigenvalue weighted by molar-refractivity contribution is 0.0724. The van der Waals surface area contributed by atoms with Crippen molar-refractivity contribution in [3.05, 3.63) is 70.5 Å². The lowest BCUT2D eigenvalue weighted by Gasteiger charge is -2.26. The van der Waals surface area contributed by atoms with Gasteiger partial charge >= 0.3 is 0 Å².